The van der Waals surface area contributed by atoms with Crippen molar-refractivity contribution in [1.29, 1.82) is 0 Å². The summed E-state index contributed by atoms with van der Waals surface area (Å²) in [6.07, 6.45) is 0.441. The summed E-state index contributed by atoms with van der Waals surface area (Å²) in [5, 5.41) is 17.2. The summed E-state index contributed by atoms with van der Waals surface area (Å²) in [6, 6.07) is 0. The normalized spacial score (nSPS) is 33.2. The highest BCUT2D eigenvalue weighted by Crippen LogP contribution is 2.25. The Hall–Kier alpha value is -0.160. The van der Waals surface area contributed by atoms with E-state index in [1.807, 2.05) is 6.92 Å². The molecular formula is C8H16O4. The first-order chi connectivity index (χ1) is 5.74. The fourth-order valence-corrected chi connectivity index (χ4v) is 0.820. The Balaban J connectivity index is 0.000000200. The summed E-state index contributed by atoms with van der Waals surface area (Å²) in [5.41, 5.74) is 0. The van der Waals surface area contributed by atoms with Gasteiger partial charge in [0.15, 0.2) is 0 Å². The quantitative estimate of drug-likeness (QED) is 0.571. The van der Waals surface area contributed by atoms with Crippen LogP contribution in [0.1, 0.15) is 13.3 Å². The van der Waals surface area contributed by atoms with E-state index in [9.17, 15) is 0 Å². The maximum Gasteiger partial charge on any atom is 0.0864 e. The zero-order valence-electron chi connectivity index (χ0n) is 7.27. The lowest BCUT2D eigenvalue weighted by Gasteiger charge is -2.01. The Kier molecular flexibility index (Phi) is 3.94. The third-order valence-corrected chi connectivity index (χ3v) is 1.76. The van der Waals surface area contributed by atoms with E-state index in [4.69, 9.17) is 14.9 Å². The smallest absolute Gasteiger partial charge is 0.0864 e. The average molecular weight is 176 g/mol. The van der Waals surface area contributed by atoms with Crippen LogP contribution in [0.15, 0.2) is 0 Å². The SMILES string of the molecule is C1CO1.CC1OC1CC(O)CO. The zero-order chi connectivity index (χ0) is 8.97. The van der Waals surface area contributed by atoms with Crippen LogP contribution in [0.2, 0.25) is 0 Å². The lowest BCUT2D eigenvalue weighted by atomic mass is 10.2. The van der Waals surface area contributed by atoms with Crippen molar-refractivity contribution in [2.24, 2.45) is 0 Å². The van der Waals surface area contributed by atoms with Gasteiger partial charge in [-0.15, -0.1) is 0 Å². The highest BCUT2D eigenvalue weighted by molar-refractivity contribution is 4.82. The topological polar surface area (TPSA) is 65.5 Å². The summed E-state index contributed by atoms with van der Waals surface area (Å²) in [4.78, 5) is 0. The van der Waals surface area contributed by atoms with Gasteiger partial charge in [-0.2, -0.15) is 0 Å². The van der Waals surface area contributed by atoms with Crippen LogP contribution >= 0.6 is 0 Å². The van der Waals surface area contributed by atoms with Gasteiger partial charge in [0.1, 0.15) is 0 Å². The van der Waals surface area contributed by atoms with Crippen molar-refractivity contribution in [3.63, 3.8) is 0 Å². The highest BCUT2D eigenvalue weighted by atomic mass is 16.6. The van der Waals surface area contributed by atoms with Gasteiger partial charge in [-0.05, 0) is 6.92 Å². The van der Waals surface area contributed by atoms with E-state index in [-0.39, 0.29) is 18.8 Å². The molecule has 2 heterocycles. The van der Waals surface area contributed by atoms with E-state index in [1.165, 1.54) is 0 Å². The van der Waals surface area contributed by atoms with Gasteiger partial charge in [-0.3, -0.25) is 0 Å². The summed E-state index contributed by atoms with van der Waals surface area (Å²) >= 11 is 0. The second kappa shape index (κ2) is 4.77. The Morgan fingerprint density at radius 2 is 2.00 bits per heavy atom. The van der Waals surface area contributed by atoms with Gasteiger partial charge < -0.3 is 19.7 Å². The van der Waals surface area contributed by atoms with Crippen molar-refractivity contribution in [3.05, 3.63) is 0 Å². The third-order valence-electron chi connectivity index (χ3n) is 1.76. The molecular weight excluding hydrogens is 160 g/mol. The number of hydrogen-bond acceptors (Lipinski definition) is 4. The van der Waals surface area contributed by atoms with Gasteiger partial charge in [0.05, 0.1) is 38.1 Å². The van der Waals surface area contributed by atoms with Crippen molar-refractivity contribution in [1.82, 2.24) is 0 Å². The predicted molar refractivity (Wildman–Crippen MR) is 42.9 cm³/mol. The maximum absolute atomic E-state index is 8.86. The fraction of sp³-hybridized carbons (Fsp3) is 1.00. The van der Waals surface area contributed by atoms with E-state index >= 15 is 0 Å². The molecule has 2 aliphatic heterocycles. The van der Waals surface area contributed by atoms with Gasteiger partial charge in [0, 0.05) is 6.42 Å². The fourth-order valence-electron chi connectivity index (χ4n) is 0.820. The van der Waals surface area contributed by atoms with E-state index in [1.54, 1.807) is 0 Å². The largest absolute Gasteiger partial charge is 0.394 e. The highest BCUT2D eigenvalue weighted by Gasteiger charge is 2.35. The summed E-state index contributed by atoms with van der Waals surface area (Å²) < 4.78 is 9.52. The van der Waals surface area contributed by atoms with Crippen molar-refractivity contribution < 1.29 is 19.7 Å². The van der Waals surface area contributed by atoms with E-state index in [0.717, 1.165) is 13.2 Å². The van der Waals surface area contributed by atoms with Gasteiger partial charge in [-0.1, -0.05) is 0 Å². The lowest BCUT2D eigenvalue weighted by molar-refractivity contribution is 0.0814. The summed E-state index contributed by atoms with van der Waals surface area (Å²) in [6.45, 7) is 3.79. The molecule has 2 rings (SSSR count). The van der Waals surface area contributed by atoms with Gasteiger partial charge in [0.25, 0.3) is 0 Å². The van der Waals surface area contributed by atoms with Crippen LogP contribution in [0, 0.1) is 0 Å². The van der Waals surface area contributed by atoms with E-state index in [0.29, 0.717) is 6.42 Å². The molecule has 2 N–H and O–H groups in total. The zero-order valence-corrected chi connectivity index (χ0v) is 7.27. The molecule has 0 aromatic heterocycles. The Bertz CT molecular complexity index is 121. The molecule has 2 fully saturated rings. The van der Waals surface area contributed by atoms with Crippen LogP contribution in [0.5, 0.6) is 0 Å². The van der Waals surface area contributed by atoms with E-state index < -0.39 is 6.10 Å². The first-order valence-electron chi connectivity index (χ1n) is 4.26. The molecule has 12 heavy (non-hydrogen) atoms. The van der Waals surface area contributed by atoms with Crippen LogP contribution in [-0.2, 0) is 9.47 Å². The number of rotatable bonds is 3. The minimum atomic E-state index is -0.597. The molecule has 0 aromatic carbocycles. The summed E-state index contributed by atoms with van der Waals surface area (Å²) in [5.74, 6) is 0. The molecule has 0 radical (unpaired) electrons. The molecule has 0 aliphatic carbocycles. The number of hydrogen-bond donors (Lipinski definition) is 2. The number of aliphatic hydroxyl groups excluding tert-OH is 2. The molecule has 3 unspecified atom stereocenters. The minimum Gasteiger partial charge on any atom is -0.394 e. The first kappa shape index (κ1) is 9.92. The molecule has 4 heteroatoms. The average Bonchev–Trinajstić information content (AvgIpc) is 2.86. The monoisotopic (exact) mass is 176 g/mol. The maximum atomic E-state index is 8.86. The molecule has 0 aromatic rings. The van der Waals surface area contributed by atoms with Gasteiger partial charge in [0.2, 0.25) is 0 Å². The molecule has 2 aliphatic rings. The van der Waals surface area contributed by atoms with Crippen LogP contribution < -0.4 is 0 Å². The third kappa shape index (κ3) is 4.66. The Morgan fingerprint density at radius 3 is 2.25 bits per heavy atom. The van der Waals surface area contributed by atoms with Crippen molar-refractivity contribution >= 4 is 0 Å². The minimum absolute atomic E-state index is 0.160. The predicted octanol–water partition coefficient (Wildman–Crippen LogP) is -0.466. The number of ether oxygens (including phenoxy) is 2. The second-order valence-corrected chi connectivity index (χ2v) is 3.06. The van der Waals surface area contributed by atoms with Crippen molar-refractivity contribution in [3.8, 4) is 0 Å². The second-order valence-electron chi connectivity index (χ2n) is 3.06. The Labute approximate surface area is 72.1 Å². The van der Waals surface area contributed by atoms with E-state index in [2.05, 4.69) is 4.74 Å². The molecule has 0 spiro atoms. The number of epoxide rings is 2. The molecule has 0 saturated carbocycles. The van der Waals surface area contributed by atoms with Crippen LogP contribution in [0.3, 0.4) is 0 Å². The molecule has 0 bridgehead atoms. The van der Waals surface area contributed by atoms with Crippen molar-refractivity contribution in [2.45, 2.75) is 31.7 Å². The Morgan fingerprint density at radius 1 is 1.50 bits per heavy atom. The first-order valence-corrected chi connectivity index (χ1v) is 4.26. The standard InChI is InChI=1S/C6H12O3.C2H4O/c1-4-6(9-4)2-5(8)3-7;1-2-3-1/h4-8H,2-3H2,1H3;1-2H2. The number of aliphatic hydroxyl groups is 2. The van der Waals surface area contributed by atoms with Gasteiger partial charge >= 0.3 is 0 Å². The molecule has 4 nitrogen and oxygen atoms in total. The molecule has 72 valence electrons. The molecule has 3 atom stereocenters. The molecule has 0 amide bonds. The van der Waals surface area contributed by atoms with Crippen molar-refractivity contribution in [2.75, 3.05) is 19.8 Å². The van der Waals surface area contributed by atoms with Crippen LogP contribution in [0.25, 0.3) is 0 Å². The lowest BCUT2D eigenvalue weighted by Crippen LogP contribution is -2.14. The van der Waals surface area contributed by atoms with Crippen LogP contribution in [0.4, 0.5) is 0 Å². The molecule has 2 saturated heterocycles. The van der Waals surface area contributed by atoms with Gasteiger partial charge in [-0.25, -0.2) is 0 Å². The van der Waals surface area contributed by atoms with Crippen LogP contribution in [-0.4, -0.2) is 48.3 Å². The summed E-state index contributed by atoms with van der Waals surface area (Å²) in [7, 11) is 0.